The first kappa shape index (κ1) is 19.9. The molecular weight excluding hydrogens is 408 g/mol. The van der Waals surface area contributed by atoms with E-state index in [4.69, 9.17) is 17.3 Å². The summed E-state index contributed by atoms with van der Waals surface area (Å²) in [6, 6.07) is 9.31. The predicted octanol–water partition coefficient (Wildman–Crippen LogP) is 1.61. The largest absolute Gasteiger partial charge is 0.398 e. The Morgan fingerprint density at radius 1 is 1.20 bits per heavy atom. The molecule has 0 bridgehead atoms. The number of carbonyl (C=O) groups excluding carboxylic acids is 4. The summed E-state index contributed by atoms with van der Waals surface area (Å²) in [6.07, 6.45) is 0.523. The van der Waals surface area contributed by atoms with Gasteiger partial charge in [-0.3, -0.25) is 24.5 Å². The van der Waals surface area contributed by atoms with Crippen molar-refractivity contribution in [2.45, 2.75) is 32.0 Å². The molecule has 4 rings (SSSR count). The molecule has 0 spiro atoms. The van der Waals surface area contributed by atoms with Gasteiger partial charge in [-0.05, 0) is 41.8 Å². The van der Waals surface area contributed by atoms with E-state index in [1.54, 1.807) is 24.3 Å². The number of piperidine rings is 1. The maximum atomic E-state index is 12.7. The number of halogens is 1. The lowest BCUT2D eigenvalue weighted by molar-refractivity contribution is -0.136. The first-order valence-electron chi connectivity index (χ1n) is 9.43. The molecule has 1 unspecified atom stereocenters. The zero-order valence-electron chi connectivity index (χ0n) is 15.9. The molecule has 1 saturated heterocycles. The quantitative estimate of drug-likeness (QED) is 0.506. The molecule has 2 aromatic rings. The molecule has 0 radical (unpaired) electrons. The van der Waals surface area contributed by atoms with Gasteiger partial charge in [0.25, 0.3) is 11.8 Å². The van der Waals surface area contributed by atoms with Gasteiger partial charge in [0.2, 0.25) is 11.8 Å². The topological polar surface area (TPSA) is 122 Å². The van der Waals surface area contributed by atoms with Gasteiger partial charge in [0.15, 0.2) is 0 Å². The maximum absolute atomic E-state index is 12.7. The molecule has 0 aliphatic carbocycles. The molecule has 2 aromatic carbocycles. The molecule has 2 aliphatic rings. The van der Waals surface area contributed by atoms with Gasteiger partial charge in [0.05, 0.1) is 5.56 Å². The van der Waals surface area contributed by atoms with Crippen LogP contribution in [0, 0.1) is 0 Å². The van der Waals surface area contributed by atoms with Gasteiger partial charge in [-0.25, -0.2) is 0 Å². The van der Waals surface area contributed by atoms with Gasteiger partial charge >= 0.3 is 0 Å². The highest BCUT2D eigenvalue weighted by molar-refractivity contribution is 6.31. The van der Waals surface area contributed by atoms with E-state index in [1.807, 2.05) is 6.07 Å². The minimum Gasteiger partial charge on any atom is -0.398 e. The Morgan fingerprint density at radius 3 is 2.77 bits per heavy atom. The third-order valence-electron chi connectivity index (χ3n) is 5.30. The Balaban J connectivity index is 1.45. The number of nitrogens with one attached hydrogen (secondary N) is 2. The molecule has 9 heteroatoms. The lowest BCUT2D eigenvalue weighted by atomic mass is 10.0. The van der Waals surface area contributed by atoms with Crippen LogP contribution in [0.25, 0.3) is 0 Å². The Morgan fingerprint density at radius 2 is 2.00 bits per heavy atom. The fraction of sp³-hybridized carbons (Fsp3) is 0.238. The normalized spacial score (nSPS) is 18.2. The van der Waals surface area contributed by atoms with E-state index >= 15 is 0 Å². The summed E-state index contributed by atoms with van der Waals surface area (Å²) in [4.78, 5) is 50.1. The number of rotatable bonds is 4. The van der Waals surface area contributed by atoms with Crippen LogP contribution >= 0.6 is 11.6 Å². The number of benzene rings is 2. The Hall–Kier alpha value is -3.39. The first-order chi connectivity index (χ1) is 14.3. The minimum absolute atomic E-state index is 0.209. The minimum atomic E-state index is -0.656. The van der Waals surface area contributed by atoms with E-state index in [-0.39, 0.29) is 37.2 Å². The number of fused-ring (bicyclic) bond motifs is 1. The summed E-state index contributed by atoms with van der Waals surface area (Å²) in [6.45, 7) is 0.522. The average Bonchev–Trinajstić information content (AvgIpc) is 3.03. The van der Waals surface area contributed by atoms with Crippen molar-refractivity contribution in [2.75, 3.05) is 5.73 Å². The summed E-state index contributed by atoms with van der Waals surface area (Å²) in [7, 11) is 0. The van der Waals surface area contributed by atoms with Gasteiger partial charge in [-0.1, -0.05) is 23.7 Å². The number of imide groups is 1. The lowest BCUT2D eigenvalue weighted by Crippen LogP contribution is -2.52. The smallest absolute Gasteiger partial charge is 0.255 e. The van der Waals surface area contributed by atoms with Gasteiger partial charge < -0.3 is 16.0 Å². The van der Waals surface area contributed by atoms with Crippen LogP contribution in [0.4, 0.5) is 5.69 Å². The summed E-state index contributed by atoms with van der Waals surface area (Å²) < 4.78 is 0. The number of nitrogens with zero attached hydrogens (tertiary/aromatic N) is 1. The van der Waals surface area contributed by atoms with Gasteiger partial charge in [-0.15, -0.1) is 0 Å². The second-order valence-corrected chi connectivity index (χ2v) is 7.74. The fourth-order valence-electron chi connectivity index (χ4n) is 3.74. The van der Waals surface area contributed by atoms with Gasteiger partial charge in [-0.2, -0.15) is 0 Å². The highest BCUT2D eigenvalue weighted by Crippen LogP contribution is 2.28. The van der Waals surface area contributed by atoms with Crippen molar-refractivity contribution in [2.24, 2.45) is 0 Å². The van der Waals surface area contributed by atoms with Crippen LogP contribution in [-0.2, 0) is 22.7 Å². The Bertz CT molecular complexity index is 1080. The molecule has 0 saturated carbocycles. The van der Waals surface area contributed by atoms with Crippen molar-refractivity contribution in [1.82, 2.24) is 15.5 Å². The molecule has 154 valence electrons. The SMILES string of the molecule is Nc1ccc(Cl)cc1C(=O)NCc1ccc2c(c1)CN(C1CCC(=O)NC1=O)C2=O. The van der Waals surface area contributed by atoms with Crippen LogP contribution in [-0.4, -0.2) is 34.6 Å². The van der Waals surface area contributed by atoms with E-state index in [1.165, 1.54) is 11.0 Å². The van der Waals surface area contributed by atoms with Crippen LogP contribution in [0.15, 0.2) is 36.4 Å². The van der Waals surface area contributed by atoms with Crippen molar-refractivity contribution in [1.29, 1.82) is 0 Å². The average molecular weight is 427 g/mol. The van der Waals surface area contributed by atoms with Crippen LogP contribution in [0.1, 0.15) is 44.7 Å². The number of hydrogen-bond acceptors (Lipinski definition) is 5. The van der Waals surface area contributed by atoms with Crippen molar-refractivity contribution in [3.8, 4) is 0 Å². The Kier molecular flexibility index (Phi) is 5.17. The number of nitrogens with two attached hydrogens (primary N) is 1. The van der Waals surface area contributed by atoms with E-state index in [2.05, 4.69) is 10.6 Å². The van der Waals surface area contributed by atoms with Crippen LogP contribution in [0.2, 0.25) is 5.02 Å². The van der Waals surface area contributed by atoms with Crippen molar-refractivity contribution < 1.29 is 19.2 Å². The Labute approximate surface area is 177 Å². The number of carbonyl (C=O) groups is 4. The summed E-state index contributed by atoms with van der Waals surface area (Å²) in [5, 5.41) is 5.49. The van der Waals surface area contributed by atoms with E-state index < -0.39 is 11.9 Å². The van der Waals surface area contributed by atoms with Gasteiger partial charge in [0.1, 0.15) is 6.04 Å². The standard InChI is InChI=1S/C21H19ClN4O4/c22-13-2-4-16(23)15(8-13)19(28)24-9-11-1-3-14-12(7-11)10-26(21(14)30)17-5-6-18(27)25-20(17)29/h1-4,7-8,17H,5-6,9-10,23H2,(H,24,28)(H,25,27,29). The monoisotopic (exact) mass is 426 g/mol. The zero-order chi connectivity index (χ0) is 21.4. The molecular formula is C21H19ClN4O4. The molecule has 1 fully saturated rings. The summed E-state index contributed by atoms with van der Waals surface area (Å²) >= 11 is 5.93. The number of nitrogen functional groups attached to an aromatic ring is 1. The molecule has 8 nitrogen and oxygen atoms in total. The molecule has 4 N–H and O–H groups in total. The van der Waals surface area contributed by atoms with Gasteiger partial charge in [0, 0.05) is 35.8 Å². The molecule has 4 amide bonds. The fourth-order valence-corrected chi connectivity index (χ4v) is 3.91. The van der Waals surface area contributed by atoms with Crippen molar-refractivity contribution in [3.63, 3.8) is 0 Å². The lowest BCUT2D eigenvalue weighted by Gasteiger charge is -2.29. The predicted molar refractivity (Wildman–Crippen MR) is 110 cm³/mol. The third kappa shape index (κ3) is 3.73. The van der Waals surface area contributed by atoms with Crippen molar-refractivity contribution >= 4 is 40.9 Å². The van der Waals surface area contributed by atoms with E-state index in [0.717, 1.165) is 11.1 Å². The third-order valence-corrected chi connectivity index (χ3v) is 5.54. The maximum Gasteiger partial charge on any atom is 0.255 e. The molecule has 2 heterocycles. The highest BCUT2D eigenvalue weighted by atomic mass is 35.5. The van der Waals surface area contributed by atoms with Crippen LogP contribution in [0.5, 0.6) is 0 Å². The van der Waals surface area contributed by atoms with E-state index in [9.17, 15) is 19.2 Å². The van der Waals surface area contributed by atoms with Crippen LogP contribution in [0.3, 0.4) is 0 Å². The number of amides is 4. The molecule has 1 atom stereocenters. The van der Waals surface area contributed by atoms with E-state index in [0.29, 0.717) is 28.3 Å². The summed E-state index contributed by atoms with van der Waals surface area (Å²) in [5.74, 6) is -1.35. The number of hydrogen-bond donors (Lipinski definition) is 3. The molecule has 0 aromatic heterocycles. The van der Waals surface area contributed by atoms with Crippen molar-refractivity contribution in [3.05, 3.63) is 63.7 Å². The molecule has 30 heavy (non-hydrogen) atoms. The highest BCUT2D eigenvalue weighted by Gasteiger charge is 2.39. The molecule has 2 aliphatic heterocycles. The zero-order valence-corrected chi connectivity index (χ0v) is 16.7. The summed E-state index contributed by atoms with van der Waals surface area (Å²) in [5.41, 5.74) is 8.57. The second-order valence-electron chi connectivity index (χ2n) is 7.31. The first-order valence-corrected chi connectivity index (χ1v) is 9.81. The number of anilines is 1. The van der Waals surface area contributed by atoms with Crippen LogP contribution < -0.4 is 16.4 Å². The second kappa shape index (κ2) is 7.79.